The third-order valence-electron chi connectivity index (χ3n) is 1.87. The van der Waals surface area contributed by atoms with E-state index in [4.69, 9.17) is 10.5 Å². The van der Waals surface area contributed by atoms with Crippen LogP contribution in [0.2, 0.25) is 0 Å². The normalized spacial score (nSPS) is 15.6. The van der Waals surface area contributed by atoms with E-state index in [1.807, 2.05) is 6.92 Å². The Balaban J connectivity index is 4.22. The standard InChI is InChI=1S/C10H20N2O/c1-5-10(13-4)12-7-9(6-11)8(2)3/h6-8,10H,5,11H2,1-4H3/b9-6+,12-7-. The molecule has 0 spiro atoms. The molecule has 0 heterocycles. The van der Waals surface area contributed by atoms with Crippen LogP contribution in [0.3, 0.4) is 0 Å². The minimum absolute atomic E-state index is 0.0475. The van der Waals surface area contributed by atoms with Crippen molar-refractivity contribution < 1.29 is 4.74 Å². The van der Waals surface area contributed by atoms with Gasteiger partial charge in [-0.2, -0.15) is 0 Å². The molecule has 0 fully saturated rings. The Hall–Kier alpha value is -0.830. The van der Waals surface area contributed by atoms with Crippen LogP contribution in [0, 0.1) is 5.92 Å². The van der Waals surface area contributed by atoms with Crippen LogP contribution >= 0.6 is 0 Å². The van der Waals surface area contributed by atoms with E-state index in [0.29, 0.717) is 5.92 Å². The predicted molar refractivity (Wildman–Crippen MR) is 56.7 cm³/mol. The van der Waals surface area contributed by atoms with Gasteiger partial charge in [0.25, 0.3) is 0 Å². The van der Waals surface area contributed by atoms with Crippen molar-refractivity contribution in [3.8, 4) is 0 Å². The smallest absolute Gasteiger partial charge is 0.147 e. The molecule has 13 heavy (non-hydrogen) atoms. The fourth-order valence-electron chi connectivity index (χ4n) is 0.887. The molecular weight excluding hydrogens is 164 g/mol. The van der Waals surface area contributed by atoms with Crippen molar-refractivity contribution in [1.29, 1.82) is 0 Å². The highest BCUT2D eigenvalue weighted by molar-refractivity contribution is 5.78. The molecule has 0 radical (unpaired) electrons. The van der Waals surface area contributed by atoms with E-state index in [-0.39, 0.29) is 6.23 Å². The molecule has 0 aliphatic carbocycles. The zero-order valence-corrected chi connectivity index (χ0v) is 8.95. The highest BCUT2D eigenvalue weighted by Crippen LogP contribution is 2.06. The van der Waals surface area contributed by atoms with Crippen LogP contribution in [-0.4, -0.2) is 19.6 Å². The third kappa shape index (κ3) is 4.68. The Morgan fingerprint density at radius 3 is 2.46 bits per heavy atom. The zero-order chi connectivity index (χ0) is 10.3. The fourth-order valence-corrected chi connectivity index (χ4v) is 0.887. The number of nitrogens with two attached hydrogens (primary N) is 1. The Morgan fingerprint density at radius 1 is 1.54 bits per heavy atom. The Morgan fingerprint density at radius 2 is 2.15 bits per heavy atom. The van der Waals surface area contributed by atoms with Gasteiger partial charge in [-0.15, -0.1) is 0 Å². The summed E-state index contributed by atoms with van der Waals surface area (Å²) < 4.78 is 5.11. The van der Waals surface area contributed by atoms with Gasteiger partial charge in [0.1, 0.15) is 6.23 Å². The molecule has 0 rings (SSSR count). The second kappa shape index (κ2) is 6.66. The van der Waals surface area contributed by atoms with Gasteiger partial charge in [0.05, 0.1) is 0 Å². The van der Waals surface area contributed by atoms with E-state index in [1.165, 1.54) is 0 Å². The number of allylic oxidation sites excluding steroid dienone is 1. The maximum Gasteiger partial charge on any atom is 0.147 e. The second-order valence-electron chi connectivity index (χ2n) is 3.20. The number of aliphatic imine (C=N–C) groups is 1. The molecule has 0 aliphatic heterocycles. The van der Waals surface area contributed by atoms with Gasteiger partial charge in [-0.25, -0.2) is 0 Å². The molecule has 0 aliphatic rings. The van der Waals surface area contributed by atoms with E-state index in [2.05, 4.69) is 18.8 Å². The van der Waals surface area contributed by atoms with Crippen LogP contribution in [0.4, 0.5) is 0 Å². The molecule has 0 aromatic carbocycles. The molecule has 0 aromatic rings. The van der Waals surface area contributed by atoms with Crippen LogP contribution < -0.4 is 5.73 Å². The Kier molecular flexibility index (Phi) is 6.24. The minimum atomic E-state index is -0.0475. The lowest BCUT2D eigenvalue weighted by Crippen LogP contribution is -2.07. The average molecular weight is 184 g/mol. The molecule has 1 atom stereocenters. The molecule has 0 bridgehead atoms. The van der Waals surface area contributed by atoms with Crippen molar-refractivity contribution in [3.63, 3.8) is 0 Å². The number of methoxy groups -OCH3 is 1. The van der Waals surface area contributed by atoms with E-state index in [9.17, 15) is 0 Å². The average Bonchev–Trinajstić information content (AvgIpc) is 2.12. The first-order valence-electron chi connectivity index (χ1n) is 4.63. The first kappa shape index (κ1) is 12.2. The van der Waals surface area contributed by atoms with E-state index >= 15 is 0 Å². The Labute approximate surface area is 80.7 Å². The Bertz CT molecular complexity index is 181. The van der Waals surface area contributed by atoms with Crippen molar-refractivity contribution in [1.82, 2.24) is 0 Å². The molecule has 0 saturated heterocycles. The number of ether oxygens (including phenoxy) is 1. The van der Waals surface area contributed by atoms with Crippen LogP contribution in [0.25, 0.3) is 0 Å². The highest BCUT2D eigenvalue weighted by Gasteiger charge is 2.01. The van der Waals surface area contributed by atoms with E-state index in [0.717, 1.165) is 12.0 Å². The van der Waals surface area contributed by atoms with Gasteiger partial charge in [-0.05, 0) is 24.1 Å². The van der Waals surface area contributed by atoms with Crippen molar-refractivity contribution in [3.05, 3.63) is 11.8 Å². The summed E-state index contributed by atoms with van der Waals surface area (Å²) >= 11 is 0. The van der Waals surface area contributed by atoms with E-state index in [1.54, 1.807) is 19.5 Å². The van der Waals surface area contributed by atoms with Crippen LogP contribution in [0.5, 0.6) is 0 Å². The lowest BCUT2D eigenvalue weighted by atomic mass is 10.1. The number of hydrogen-bond acceptors (Lipinski definition) is 3. The molecule has 76 valence electrons. The topological polar surface area (TPSA) is 47.6 Å². The lowest BCUT2D eigenvalue weighted by Gasteiger charge is -2.08. The van der Waals surface area contributed by atoms with Crippen molar-refractivity contribution >= 4 is 6.21 Å². The molecule has 0 saturated carbocycles. The summed E-state index contributed by atoms with van der Waals surface area (Å²) in [5.74, 6) is 0.406. The molecule has 3 nitrogen and oxygen atoms in total. The van der Waals surface area contributed by atoms with Gasteiger partial charge in [0.2, 0.25) is 0 Å². The second-order valence-corrected chi connectivity index (χ2v) is 3.20. The largest absolute Gasteiger partial charge is 0.404 e. The van der Waals surface area contributed by atoms with Crippen LogP contribution in [0.1, 0.15) is 27.2 Å². The van der Waals surface area contributed by atoms with Crippen molar-refractivity contribution in [2.45, 2.75) is 33.4 Å². The number of nitrogens with zero attached hydrogens (tertiary/aromatic N) is 1. The summed E-state index contributed by atoms with van der Waals surface area (Å²) in [6.45, 7) is 6.20. The van der Waals surface area contributed by atoms with Gasteiger partial charge in [-0.1, -0.05) is 20.8 Å². The summed E-state index contributed by atoms with van der Waals surface area (Å²) in [5, 5.41) is 0. The van der Waals surface area contributed by atoms with Gasteiger partial charge < -0.3 is 10.5 Å². The SMILES string of the molecule is CCC(/N=C\C(=C/N)C(C)C)OC. The zero-order valence-electron chi connectivity index (χ0n) is 8.95. The number of hydrogen-bond donors (Lipinski definition) is 1. The molecule has 3 heteroatoms. The molecule has 2 N–H and O–H groups in total. The van der Waals surface area contributed by atoms with Gasteiger partial charge >= 0.3 is 0 Å². The third-order valence-corrected chi connectivity index (χ3v) is 1.87. The minimum Gasteiger partial charge on any atom is -0.404 e. The first-order valence-corrected chi connectivity index (χ1v) is 4.63. The fraction of sp³-hybridized carbons (Fsp3) is 0.700. The summed E-state index contributed by atoms with van der Waals surface area (Å²) in [5.41, 5.74) is 6.49. The summed E-state index contributed by atoms with van der Waals surface area (Å²) in [7, 11) is 1.66. The summed E-state index contributed by atoms with van der Waals surface area (Å²) in [6, 6.07) is 0. The molecule has 0 amide bonds. The lowest BCUT2D eigenvalue weighted by molar-refractivity contribution is 0.108. The predicted octanol–water partition coefficient (Wildman–Crippen LogP) is 1.94. The van der Waals surface area contributed by atoms with Crippen LogP contribution in [-0.2, 0) is 4.74 Å². The van der Waals surface area contributed by atoms with Gasteiger partial charge in [0, 0.05) is 13.3 Å². The summed E-state index contributed by atoms with van der Waals surface area (Å²) in [4.78, 5) is 4.26. The van der Waals surface area contributed by atoms with Gasteiger partial charge in [-0.3, -0.25) is 4.99 Å². The van der Waals surface area contributed by atoms with Crippen molar-refractivity contribution in [2.24, 2.45) is 16.6 Å². The summed E-state index contributed by atoms with van der Waals surface area (Å²) in [6.07, 6.45) is 4.22. The first-order chi connectivity index (χ1) is 6.15. The van der Waals surface area contributed by atoms with E-state index < -0.39 is 0 Å². The maximum absolute atomic E-state index is 5.45. The highest BCUT2D eigenvalue weighted by atomic mass is 16.5. The quantitative estimate of drug-likeness (QED) is 0.664. The molecule has 0 aromatic heterocycles. The molecular formula is C10H20N2O. The molecule has 1 unspecified atom stereocenters. The van der Waals surface area contributed by atoms with Crippen LogP contribution in [0.15, 0.2) is 16.8 Å². The number of rotatable bonds is 5. The van der Waals surface area contributed by atoms with Gasteiger partial charge in [0.15, 0.2) is 0 Å². The maximum atomic E-state index is 5.45. The monoisotopic (exact) mass is 184 g/mol. The van der Waals surface area contributed by atoms with Crippen molar-refractivity contribution in [2.75, 3.05) is 7.11 Å².